The smallest absolute Gasteiger partial charge is 0.229 e. The van der Waals surface area contributed by atoms with Gasteiger partial charge in [0.2, 0.25) is 8.32 Å². The Labute approximate surface area is 107 Å². The summed E-state index contributed by atoms with van der Waals surface area (Å²) in [6.45, 7) is 9.26. The average Bonchev–Trinajstić information content (AvgIpc) is 2.40. The normalized spacial score (nSPS) is 18.4. The van der Waals surface area contributed by atoms with E-state index in [9.17, 15) is 0 Å². The summed E-state index contributed by atoms with van der Waals surface area (Å²) in [6.07, 6.45) is 2.39. The van der Waals surface area contributed by atoms with Gasteiger partial charge in [0.25, 0.3) is 0 Å². The van der Waals surface area contributed by atoms with Crippen molar-refractivity contribution in [1.82, 2.24) is 0 Å². The zero-order valence-corrected chi connectivity index (χ0v) is 12.9. The first kappa shape index (κ1) is 14.5. The minimum atomic E-state index is -1.85. The molecular weight excluding hydrogens is 224 g/mol. The van der Waals surface area contributed by atoms with Crippen molar-refractivity contribution in [3.8, 4) is 0 Å². The second-order valence-electron chi connectivity index (χ2n) is 4.98. The highest BCUT2D eigenvalue weighted by molar-refractivity contribution is 6.88. The van der Waals surface area contributed by atoms with Crippen molar-refractivity contribution in [1.29, 1.82) is 0 Å². The molecule has 0 aliphatic carbocycles. The Kier molecular flexibility index (Phi) is 5.41. The van der Waals surface area contributed by atoms with E-state index in [1.807, 2.05) is 7.11 Å². The molecule has 2 unspecified atom stereocenters. The third-order valence-corrected chi connectivity index (χ3v) is 9.91. The Morgan fingerprint density at radius 3 is 1.82 bits per heavy atom. The van der Waals surface area contributed by atoms with Crippen molar-refractivity contribution >= 4 is 13.5 Å². The van der Waals surface area contributed by atoms with Gasteiger partial charge in [-0.15, -0.1) is 0 Å². The Bertz CT molecular complexity index is 313. The summed E-state index contributed by atoms with van der Waals surface area (Å²) in [6, 6.07) is 10.9. The second kappa shape index (κ2) is 6.36. The molecule has 0 aliphatic heterocycles. The monoisotopic (exact) mass is 250 g/mol. The van der Waals surface area contributed by atoms with Crippen LogP contribution in [0.3, 0.4) is 0 Å². The predicted octanol–water partition coefficient (Wildman–Crippen LogP) is 4.09. The van der Waals surface area contributed by atoms with Crippen LogP contribution in [0.15, 0.2) is 30.3 Å². The first-order valence-electron chi connectivity index (χ1n) is 6.74. The maximum absolute atomic E-state index is 6.17. The van der Waals surface area contributed by atoms with Crippen LogP contribution in [0.2, 0.25) is 11.1 Å². The first-order chi connectivity index (χ1) is 8.13. The van der Waals surface area contributed by atoms with E-state index in [0.29, 0.717) is 11.1 Å². The Morgan fingerprint density at radius 1 is 1.00 bits per heavy atom. The number of hydrogen-bond donors (Lipinski definition) is 0. The molecule has 2 heteroatoms. The maximum Gasteiger partial charge on any atom is 0.229 e. The zero-order chi connectivity index (χ0) is 12.9. The molecule has 17 heavy (non-hydrogen) atoms. The fraction of sp³-hybridized carbons (Fsp3) is 0.600. The van der Waals surface area contributed by atoms with Gasteiger partial charge in [-0.25, -0.2) is 0 Å². The summed E-state index contributed by atoms with van der Waals surface area (Å²) in [5.41, 5.74) is 1.31. The van der Waals surface area contributed by atoms with Gasteiger partial charge in [0.15, 0.2) is 0 Å². The van der Waals surface area contributed by atoms with Gasteiger partial charge in [0, 0.05) is 7.11 Å². The lowest BCUT2D eigenvalue weighted by molar-refractivity contribution is 0.376. The lowest BCUT2D eigenvalue weighted by Gasteiger charge is -2.40. The van der Waals surface area contributed by atoms with E-state index < -0.39 is 8.32 Å². The van der Waals surface area contributed by atoms with Crippen LogP contribution in [0.1, 0.15) is 40.5 Å². The second-order valence-corrected chi connectivity index (χ2v) is 9.52. The molecule has 1 aromatic rings. The largest absolute Gasteiger partial charge is 0.415 e. The minimum Gasteiger partial charge on any atom is -0.415 e. The Morgan fingerprint density at radius 2 is 1.47 bits per heavy atom. The van der Waals surface area contributed by atoms with Crippen molar-refractivity contribution in [3.05, 3.63) is 30.3 Å². The van der Waals surface area contributed by atoms with Gasteiger partial charge in [0.05, 0.1) is 0 Å². The lowest BCUT2D eigenvalue weighted by Crippen LogP contribution is -2.56. The van der Waals surface area contributed by atoms with Crippen LogP contribution in [0.25, 0.3) is 0 Å². The topological polar surface area (TPSA) is 9.23 Å². The fourth-order valence-corrected chi connectivity index (χ4v) is 7.96. The molecule has 0 aliphatic rings. The van der Waals surface area contributed by atoms with Gasteiger partial charge in [-0.05, 0) is 16.3 Å². The molecule has 0 saturated carbocycles. The lowest BCUT2D eigenvalue weighted by atomic mass is 10.3. The van der Waals surface area contributed by atoms with Gasteiger partial charge >= 0.3 is 0 Å². The van der Waals surface area contributed by atoms with Crippen LogP contribution in [-0.2, 0) is 4.43 Å². The first-order valence-corrected chi connectivity index (χ1v) is 8.80. The summed E-state index contributed by atoms with van der Waals surface area (Å²) >= 11 is 0. The third-order valence-electron chi connectivity index (χ3n) is 4.25. The molecule has 96 valence electrons. The van der Waals surface area contributed by atoms with Gasteiger partial charge in [-0.3, -0.25) is 0 Å². The van der Waals surface area contributed by atoms with E-state index >= 15 is 0 Å². The van der Waals surface area contributed by atoms with Crippen molar-refractivity contribution in [2.45, 2.75) is 51.6 Å². The van der Waals surface area contributed by atoms with E-state index in [2.05, 4.69) is 58.0 Å². The molecule has 1 nitrogen and oxygen atoms in total. The molecule has 0 N–H and O–H groups in total. The van der Waals surface area contributed by atoms with Crippen LogP contribution >= 0.6 is 0 Å². The highest BCUT2D eigenvalue weighted by Gasteiger charge is 2.45. The van der Waals surface area contributed by atoms with Crippen LogP contribution in [0, 0.1) is 0 Å². The molecule has 0 aromatic heterocycles. The summed E-state index contributed by atoms with van der Waals surface area (Å²) in [4.78, 5) is 0. The van der Waals surface area contributed by atoms with Crippen molar-refractivity contribution in [2.75, 3.05) is 7.11 Å². The number of rotatable bonds is 6. The molecule has 0 fully saturated rings. The van der Waals surface area contributed by atoms with Crippen LogP contribution in [0.4, 0.5) is 0 Å². The van der Waals surface area contributed by atoms with Crippen molar-refractivity contribution < 1.29 is 4.43 Å². The summed E-state index contributed by atoms with van der Waals surface area (Å²) in [7, 11) is 0.0619. The number of benzene rings is 1. The van der Waals surface area contributed by atoms with Crippen LogP contribution < -0.4 is 5.19 Å². The SMILES string of the molecule is CCC(C)[Si](OC)(c1ccccc1)C(C)CC. The van der Waals surface area contributed by atoms with Crippen molar-refractivity contribution in [2.24, 2.45) is 0 Å². The molecule has 0 spiro atoms. The predicted molar refractivity (Wildman–Crippen MR) is 78.3 cm³/mol. The van der Waals surface area contributed by atoms with E-state index in [1.54, 1.807) is 0 Å². The maximum atomic E-state index is 6.17. The fourth-order valence-electron chi connectivity index (χ4n) is 2.88. The molecule has 0 radical (unpaired) electrons. The Balaban J connectivity index is 3.26. The van der Waals surface area contributed by atoms with Gasteiger partial charge in [0.1, 0.15) is 0 Å². The minimum absolute atomic E-state index is 0.657. The highest BCUT2D eigenvalue weighted by atomic mass is 28.4. The molecule has 0 bridgehead atoms. The third kappa shape index (κ3) is 2.63. The Hall–Kier alpha value is -0.603. The van der Waals surface area contributed by atoms with Gasteiger partial charge in [-0.2, -0.15) is 0 Å². The van der Waals surface area contributed by atoms with E-state index in [4.69, 9.17) is 4.43 Å². The quantitative estimate of drug-likeness (QED) is 0.691. The molecule has 0 heterocycles. The van der Waals surface area contributed by atoms with Crippen molar-refractivity contribution in [3.63, 3.8) is 0 Å². The highest BCUT2D eigenvalue weighted by Crippen LogP contribution is 2.37. The molecule has 0 amide bonds. The van der Waals surface area contributed by atoms with E-state index in [0.717, 1.165) is 0 Å². The molecule has 1 rings (SSSR count). The van der Waals surface area contributed by atoms with Crippen LogP contribution in [-0.4, -0.2) is 15.4 Å². The molecule has 2 atom stereocenters. The summed E-state index contributed by atoms with van der Waals surface area (Å²) in [5.74, 6) is 0. The van der Waals surface area contributed by atoms with Crippen LogP contribution in [0.5, 0.6) is 0 Å². The van der Waals surface area contributed by atoms with Gasteiger partial charge in [-0.1, -0.05) is 70.9 Å². The molecule has 1 aromatic carbocycles. The summed E-state index contributed by atoms with van der Waals surface area (Å²) in [5, 5.41) is 1.45. The molecular formula is C15H26OSi. The average molecular weight is 250 g/mol. The van der Waals surface area contributed by atoms with E-state index in [1.165, 1.54) is 18.0 Å². The molecule has 0 saturated heterocycles. The zero-order valence-electron chi connectivity index (χ0n) is 11.9. The summed E-state index contributed by atoms with van der Waals surface area (Å²) < 4.78 is 6.17. The standard InChI is InChI=1S/C15H26OSi/c1-6-13(3)17(16-5,14(4)7-2)15-11-9-8-10-12-15/h8-14H,6-7H2,1-5H3. The van der Waals surface area contributed by atoms with E-state index in [-0.39, 0.29) is 0 Å². The number of hydrogen-bond acceptors (Lipinski definition) is 1. The van der Waals surface area contributed by atoms with Gasteiger partial charge < -0.3 is 4.43 Å².